The van der Waals surface area contributed by atoms with Gasteiger partial charge in [-0.3, -0.25) is 10.1 Å². The number of aliphatic carboxylic acids is 1. The molecule has 0 amide bonds. The predicted octanol–water partition coefficient (Wildman–Crippen LogP) is -0.0727. The molecule has 0 unspecified atom stereocenters. The number of hydrogen-bond acceptors (Lipinski definition) is 4. The molecule has 82 valence electrons. The van der Waals surface area contributed by atoms with Crippen molar-refractivity contribution in [2.24, 2.45) is 0 Å². The minimum atomic E-state index is -1.02. The number of benzene rings is 1. The molecule has 1 rings (SSSR count). The van der Waals surface area contributed by atoms with E-state index in [4.69, 9.17) is 15.3 Å². The summed E-state index contributed by atoms with van der Waals surface area (Å²) in [4.78, 5) is 10.7. The Bertz CT molecular complexity index is 323. The Morgan fingerprint density at radius 3 is 2.40 bits per heavy atom. The molecule has 1 aromatic rings. The number of nitrogens with one attached hydrogen (secondary N) is 1. The molecular weight excluding hydrogens is 198 g/mol. The molecule has 0 saturated heterocycles. The first-order valence-corrected chi connectivity index (χ1v) is 4.48. The van der Waals surface area contributed by atoms with Crippen LogP contribution >= 0.6 is 0 Å². The highest BCUT2D eigenvalue weighted by Gasteiger charge is 2.16. The predicted molar refractivity (Wildman–Crippen MR) is 53.5 cm³/mol. The van der Waals surface area contributed by atoms with Crippen LogP contribution in [0.25, 0.3) is 0 Å². The Balaban J connectivity index is 2.65. The van der Waals surface area contributed by atoms with E-state index in [1.54, 1.807) is 12.1 Å². The zero-order valence-electron chi connectivity index (χ0n) is 8.05. The van der Waals surface area contributed by atoms with Gasteiger partial charge in [-0.1, -0.05) is 12.1 Å². The summed E-state index contributed by atoms with van der Waals surface area (Å²) in [5.41, 5.74) is 0.779. The molecule has 5 nitrogen and oxygen atoms in total. The fourth-order valence-electron chi connectivity index (χ4n) is 1.22. The lowest BCUT2D eigenvalue weighted by Gasteiger charge is -2.12. The van der Waals surface area contributed by atoms with Crippen molar-refractivity contribution in [1.82, 2.24) is 5.32 Å². The van der Waals surface area contributed by atoms with Crippen molar-refractivity contribution in [2.45, 2.75) is 12.5 Å². The molecule has 0 bridgehead atoms. The second-order valence-electron chi connectivity index (χ2n) is 3.12. The zero-order chi connectivity index (χ0) is 11.3. The van der Waals surface area contributed by atoms with Crippen LogP contribution in [0.3, 0.4) is 0 Å². The van der Waals surface area contributed by atoms with E-state index in [9.17, 15) is 4.79 Å². The van der Waals surface area contributed by atoms with Gasteiger partial charge in [-0.15, -0.1) is 0 Å². The summed E-state index contributed by atoms with van der Waals surface area (Å²) < 4.78 is 0. The molecule has 0 aliphatic rings. The lowest BCUT2D eigenvalue weighted by Crippen LogP contribution is -2.38. The standard InChI is InChI=1S/C10H13NO4/c12-6-11-9(10(14)15)5-7-1-3-8(13)4-2-7/h1-4,9,11-13H,5-6H2,(H,14,15)/t9-/m1/s1. The van der Waals surface area contributed by atoms with Gasteiger partial charge < -0.3 is 15.3 Å². The number of carboxylic acid groups (broad SMARTS) is 1. The smallest absolute Gasteiger partial charge is 0.321 e. The van der Waals surface area contributed by atoms with Crippen LogP contribution in [0.5, 0.6) is 5.75 Å². The van der Waals surface area contributed by atoms with Crippen molar-refractivity contribution in [3.05, 3.63) is 29.8 Å². The summed E-state index contributed by atoms with van der Waals surface area (Å²) in [5.74, 6) is -0.877. The Labute approximate surface area is 87.0 Å². The van der Waals surface area contributed by atoms with Crippen molar-refractivity contribution in [2.75, 3.05) is 6.73 Å². The highest BCUT2D eigenvalue weighted by atomic mass is 16.4. The number of aliphatic hydroxyl groups is 1. The summed E-state index contributed by atoms with van der Waals surface area (Å²) in [6.45, 7) is -0.380. The number of carboxylic acids is 1. The van der Waals surface area contributed by atoms with Crippen molar-refractivity contribution in [3.63, 3.8) is 0 Å². The second kappa shape index (κ2) is 5.33. The molecule has 0 fully saturated rings. The van der Waals surface area contributed by atoms with Gasteiger partial charge in [0.05, 0.1) is 6.73 Å². The summed E-state index contributed by atoms with van der Waals surface area (Å²) in [6, 6.07) is 5.45. The average molecular weight is 211 g/mol. The second-order valence-corrected chi connectivity index (χ2v) is 3.12. The zero-order valence-corrected chi connectivity index (χ0v) is 8.05. The molecule has 1 atom stereocenters. The molecule has 0 saturated carbocycles. The van der Waals surface area contributed by atoms with Gasteiger partial charge in [0.1, 0.15) is 11.8 Å². The van der Waals surface area contributed by atoms with Gasteiger partial charge in [-0.05, 0) is 24.1 Å². The maximum Gasteiger partial charge on any atom is 0.321 e. The maximum absolute atomic E-state index is 10.7. The molecule has 0 aliphatic heterocycles. The van der Waals surface area contributed by atoms with Crippen molar-refractivity contribution < 1.29 is 20.1 Å². The lowest BCUT2D eigenvalue weighted by molar-refractivity contribution is -0.139. The minimum absolute atomic E-state index is 0.140. The molecular formula is C10H13NO4. The van der Waals surface area contributed by atoms with E-state index in [1.165, 1.54) is 12.1 Å². The van der Waals surface area contributed by atoms with Gasteiger partial charge in [0, 0.05) is 0 Å². The third kappa shape index (κ3) is 3.57. The minimum Gasteiger partial charge on any atom is -0.508 e. The highest BCUT2D eigenvalue weighted by Crippen LogP contribution is 2.11. The van der Waals surface area contributed by atoms with E-state index < -0.39 is 12.0 Å². The van der Waals surface area contributed by atoms with E-state index in [1.807, 2.05) is 0 Å². The van der Waals surface area contributed by atoms with Crippen LogP contribution in [0.1, 0.15) is 5.56 Å². The van der Waals surface area contributed by atoms with E-state index in [0.29, 0.717) is 0 Å². The summed E-state index contributed by atoms with van der Waals surface area (Å²) in [7, 11) is 0. The molecule has 15 heavy (non-hydrogen) atoms. The molecule has 1 aromatic carbocycles. The summed E-state index contributed by atoms with van der Waals surface area (Å²) >= 11 is 0. The number of aromatic hydroxyl groups is 1. The summed E-state index contributed by atoms with van der Waals surface area (Å²) in [6.07, 6.45) is 0.260. The first-order valence-electron chi connectivity index (χ1n) is 4.48. The number of aliphatic hydroxyl groups excluding tert-OH is 1. The van der Waals surface area contributed by atoms with E-state index in [-0.39, 0.29) is 18.9 Å². The SMILES string of the molecule is O=C(O)[C@@H](Cc1ccc(O)cc1)NCO. The Morgan fingerprint density at radius 2 is 1.93 bits per heavy atom. The molecule has 0 heterocycles. The Morgan fingerprint density at radius 1 is 1.33 bits per heavy atom. The summed E-state index contributed by atoms with van der Waals surface area (Å²) in [5, 5.41) is 28.9. The number of phenolic OH excluding ortho intramolecular Hbond substituents is 1. The molecule has 0 aliphatic carbocycles. The first kappa shape index (κ1) is 11.5. The quantitative estimate of drug-likeness (QED) is 0.512. The number of phenols is 1. The monoisotopic (exact) mass is 211 g/mol. The van der Waals surface area contributed by atoms with Crippen LogP contribution in [-0.4, -0.2) is 34.1 Å². The van der Waals surface area contributed by atoms with Crippen molar-refractivity contribution in [1.29, 1.82) is 0 Å². The van der Waals surface area contributed by atoms with Crippen LogP contribution in [-0.2, 0) is 11.2 Å². The highest BCUT2D eigenvalue weighted by molar-refractivity contribution is 5.73. The fourth-order valence-corrected chi connectivity index (χ4v) is 1.22. The van der Waals surface area contributed by atoms with Gasteiger partial charge in [-0.2, -0.15) is 0 Å². The molecule has 5 heteroatoms. The molecule has 4 N–H and O–H groups in total. The third-order valence-corrected chi connectivity index (χ3v) is 2.01. The van der Waals surface area contributed by atoms with Crippen LogP contribution in [0.15, 0.2) is 24.3 Å². The van der Waals surface area contributed by atoms with Crippen LogP contribution in [0.4, 0.5) is 0 Å². The van der Waals surface area contributed by atoms with E-state index >= 15 is 0 Å². The van der Waals surface area contributed by atoms with Gasteiger partial charge >= 0.3 is 5.97 Å². The first-order chi connectivity index (χ1) is 7.13. The normalized spacial score (nSPS) is 12.3. The third-order valence-electron chi connectivity index (χ3n) is 2.01. The van der Waals surface area contributed by atoms with Gasteiger partial charge in [-0.25, -0.2) is 0 Å². The van der Waals surface area contributed by atoms with Gasteiger partial charge in [0.2, 0.25) is 0 Å². The van der Waals surface area contributed by atoms with Crippen LogP contribution in [0, 0.1) is 0 Å². The van der Waals surface area contributed by atoms with Crippen molar-refractivity contribution in [3.8, 4) is 5.75 Å². The fraction of sp³-hybridized carbons (Fsp3) is 0.300. The molecule has 0 radical (unpaired) electrons. The van der Waals surface area contributed by atoms with Gasteiger partial charge in [0.15, 0.2) is 0 Å². The Hall–Kier alpha value is -1.59. The van der Waals surface area contributed by atoms with Crippen LogP contribution < -0.4 is 5.32 Å². The Kier molecular flexibility index (Phi) is 4.08. The van der Waals surface area contributed by atoms with Gasteiger partial charge in [0.25, 0.3) is 0 Å². The molecule has 0 spiro atoms. The maximum atomic E-state index is 10.7. The molecule has 0 aromatic heterocycles. The number of rotatable bonds is 5. The number of hydrogen-bond donors (Lipinski definition) is 4. The van der Waals surface area contributed by atoms with E-state index in [0.717, 1.165) is 5.56 Å². The van der Waals surface area contributed by atoms with Crippen LogP contribution in [0.2, 0.25) is 0 Å². The average Bonchev–Trinajstić information content (AvgIpc) is 2.20. The lowest BCUT2D eigenvalue weighted by atomic mass is 10.1. The van der Waals surface area contributed by atoms with Crippen molar-refractivity contribution >= 4 is 5.97 Å². The number of carbonyl (C=O) groups is 1. The van der Waals surface area contributed by atoms with E-state index in [2.05, 4.69) is 5.32 Å². The largest absolute Gasteiger partial charge is 0.508 e. The topological polar surface area (TPSA) is 89.8 Å².